The van der Waals surface area contributed by atoms with Gasteiger partial charge in [-0.25, -0.2) is 4.98 Å². The molecule has 0 aliphatic rings. The second kappa shape index (κ2) is 4.31. The van der Waals surface area contributed by atoms with Gasteiger partial charge in [-0.2, -0.15) is 4.98 Å². The Morgan fingerprint density at radius 1 is 0.850 bits per heavy atom. The van der Waals surface area contributed by atoms with Crippen LogP contribution in [0, 0.1) is 0 Å². The van der Waals surface area contributed by atoms with Crippen LogP contribution in [-0.2, 0) is 0 Å². The van der Waals surface area contributed by atoms with Crippen LogP contribution in [-0.4, -0.2) is 20.1 Å². The van der Waals surface area contributed by atoms with E-state index in [9.17, 15) is 0 Å². The molecule has 0 bridgehead atoms. The standard InChI is InChI=1S/C15H10N4O/c1-2-6-10(7-3-1)15-18-14(19-20-15)13-16-11-8-4-5-9-12(11)17-13/h1-9H,(H,16,17). The number of para-hydroxylation sites is 2. The van der Waals surface area contributed by atoms with Gasteiger partial charge in [-0.05, 0) is 24.3 Å². The van der Waals surface area contributed by atoms with Gasteiger partial charge in [-0.1, -0.05) is 35.5 Å². The zero-order valence-electron chi connectivity index (χ0n) is 10.4. The monoisotopic (exact) mass is 262 g/mol. The molecule has 0 aliphatic carbocycles. The Morgan fingerprint density at radius 3 is 2.50 bits per heavy atom. The number of imidazole rings is 1. The topological polar surface area (TPSA) is 67.6 Å². The van der Waals surface area contributed by atoms with Crippen LogP contribution >= 0.6 is 0 Å². The summed E-state index contributed by atoms with van der Waals surface area (Å²) in [4.78, 5) is 12.0. The number of fused-ring (bicyclic) bond motifs is 1. The van der Waals surface area contributed by atoms with E-state index in [1.54, 1.807) is 0 Å². The fourth-order valence-electron chi connectivity index (χ4n) is 2.08. The first-order chi connectivity index (χ1) is 9.90. The van der Waals surface area contributed by atoms with Gasteiger partial charge in [-0.15, -0.1) is 0 Å². The quantitative estimate of drug-likeness (QED) is 0.602. The van der Waals surface area contributed by atoms with Crippen LogP contribution in [0.5, 0.6) is 0 Å². The summed E-state index contributed by atoms with van der Waals surface area (Å²) in [5, 5.41) is 3.98. The van der Waals surface area contributed by atoms with Crippen LogP contribution in [0.15, 0.2) is 59.1 Å². The maximum absolute atomic E-state index is 5.28. The zero-order valence-corrected chi connectivity index (χ0v) is 10.4. The van der Waals surface area contributed by atoms with Gasteiger partial charge < -0.3 is 9.51 Å². The first-order valence-electron chi connectivity index (χ1n) is 6.24. The molecule has 4 rings (SSSR count). The number of nitrogens with zero attached hydrogens (tertiary/aromatic N) is 3. The molecule has 0 unspecified atom stereocenters. The predicted octanol–water partition coefficient (Wildman–Crippen LogP) is 3.28. The Bertz CT molecular complexity index is 831. The fraction of sp³-hybridized carbons (Fsp3) is 0. The first-order valence-corrected chi connectivity index (χ1v) is 6.24. The Balaban J connectivity index is 1.78. The van der Waals surface area contributed by atoms with Gasteiger partial charge in [0, 0.05) is 5.56 Å². The van der Waals surface area contributed by atoms with Crippen LogP contribution in [0.3, 0.4) is 0 Å². The van der Waals surface area contributed by atoms with E-state index < -0.39 is 0 Å². The number of nitrogens with one attached hydrogen (secondary N) is 1. The van der Waals surface area contributed by atoms with Crippen molar-refractivity contribution < 1.29 is 4.52 Å². The lowest BCUT2D eigenvalue weighted by Gasteiger charge is -1.90. The Labute approximate surface area is 114 Å². The maximum atomic E-state index is 5.28. The molecule has 0 saturated carbocycles. The van der Waals surface area contributed by atoms with Crippen molar-refractivity contribution in [2.24, 2.45) is 0 Å². The van der Waals surface area contributed by atoms with E-state index >= 15 is 0 Å². The van der Waals surface area contributed by atoms with Gasteiger partial charge >= 0.3 is 0 Å². The van der Waals surface area contributed by atoms with E-state index in [2.05, 4.69) is 20.1 Å². The summed E-state index contributed by atoms with van der Waals surface area (Å²) >= 11 is 0. The molecule has 0 spiro atoms. The van der Waals surface area contributed by atoms with E-state index in [1.807, 2.05) is 54.6 Å². The molecule has 0 atom stereocenters. The highest BCUT2D eigenvalue weighted by molar-refractivity contribution is 5.78. The third-order valence-electron chi connectivity index (χ3n) is 3.05. The van der Waals surface area contributed by atoms with Crippen LogP contribution in [0.25, 0.3) is 34.1 Å². The summed E-state index contributed by atoms with van der Waals surface area (Å²) < 4.78 is 5.28. The van der Waals surface area contributed by atoms with E-state index in [0.717, 1.165) is 16.6 Å². The van der Waals surface area contributed by atoms with Crippen molar-refractivity contribution in [3.05, 3.63) is 54.6 Å². The highest BCUT2D eigenvalue weighted by Crippen LogP contribution is 2.22. The Kier molecular flexibility index (Phi) is 2.35. The summed E-state index contributed by atoms with van der Waals surface area (Å²) in [6, 6.07) is 17.5. The van der Waals surface area contributed by atoms with E-state index in [-0.39, 0.29) is 0 Å². The Morgan fingerprint density at radius 2 is 1.65 bits per heavy atom. The number of hydrogen-bond acceptors (Lipinski definition) is 4. The second-order valence-corrected chi connectivity index (χ2v) is 4.39. The summed E-state index contributed by atoms with van der Waals surface area (Å²) in [7, 11) is 0. The normalized spacial score (nSPS) is 11.0. The molecule has 0 radical (unpaired) electrons. The molecular formula is C15H10N4O. The largest absolute Gasteiger partial charge is 0.335 e. The third kappa shape index (κ3) is 1.76. The van der Waals surface area contributed by atoms with Crippen molar-refractivity contribution >= 4 is 11.0 Å². The number of benzene rings is 2. The number of aromatic nitrogens is 4. The van der Waals surface area contributed by atoms with Crippen molar-refractivity contribution in [2.75, 3.05) is 0 Å². The lowest BCUT2D eigenvalue weighted by molar-refractivity contribution is 0.432. The minimum absolute atomic E-state index is 0.458. The predicted molar refractivity (Wildman–Crippen MR) is 74.8 cm³/mol. The average molecular weight is 262 g/mol. The lowest BCUT2D eigenvalue weighted by atomic mass is 10.2. The second-order valence-electron chi connectivity index (χ2n) is 4.39. The molecule has 20 heavy (non-hydrogen) atoms. The van der Waals surface area contributed by atoms with Gasteiger partial charge in [0.15, 0.2) is 5.82 Å². The molecule has 0 amide bonds. The van der Waals surface area contributed by atoms with Crippen LogP contribution in [0.2, 0.25) is 0 Å². The van der Waals surface area contributed by atoms with Gasteiger partial charge in [0.1, 0.15) is 0 Å². The number of hydrogen-bond donors (Lipinski definition) is 1. The van der Waals surface area contributed by atoms with Gasteiger partial charge in [0.05, 0.1) is 11.0 Å². The SMILES string of the molecule is c1ccc(-c2nc(-c3nc4ccccc4[nH]3)no2)cc1. The van der Waals surface area contributed by atoms with Crippen molar-refractivity contribution in [1.82, 2.24) is 20.1 Å². The molecule has 0 saturated heterocycles. The van der Waals surface area contributed by atoms with Crippen molar-refractivity contribution in [2.45, 2.75) is 0 Å². The van der Waals surface area contributed by atoms with E-state index in [4.69, 9.17) is 4.52 Å². The molecule has 5 nitrogen and oxygen atoms in total. The van der Waals surface area contributed by atoms with Crippen molar-refractivity contribution in [3.8, 4) is 23.1 Å². The van der Waals surface area contributed by atoms with Crippen molar-refractivity contribution in [1.29, 1.82) is 0 Å². The minimum Gasteiger partial charge on any atom is -0.335 e. The molecule has 1 N–H and O–H groups in total. The molecule has 96 valence electrons. The van der Waals surface area contributed by atoms with Gasteiger partial charge in [-0.3, -0.25) is 0 Å². The summed E-state index contributed by atoms with van der Waals surface area (Å²) in [5.74, 6) is 1.55. The molecule has 2 heterocycles. The average Bonchev–Trinajstić information content (AvgIpc) is 3.14. The maximum Gasteiger partial charge on any atom is 0.258 e. The minimum atomic E-state index is 0.458. The number of rotatable bonds is 2. The molecule has 2 aromatic heterocycles. The van der Waals surface area contributed by atoms with Crippen LogP contribution in [0.1, 0.15) is 0 Å². The van der Waals surface area contributed by atoms with Gasteiger partial charge in [0.2, 0.25) is 5.82 Å². The highest BCUT2D eigenvalue weighted by Gasteiger charge is 2.13. The first kappa shape index (κ1) is 10.9. The Hall–Kier alpha value is -2.95. The van der Waals surface area contributed by atoms with Crippen LogP contribution in [0.4, 0.5) is 0 Å². The van der Waals surface area contributed by atoms with E-state index in [0.29, 0.717) is 17.5 Å². The van der Waals surface area contributed by atoms with Crippen molar-refractivity contribution in [3.63, 3.8) is 0 Å². The number of H-pyrrole nitrogens is 1. The zero-order chi connectivity index (χ0) is 13.4. The smallest absolute Gasteiger partial charge is 0.258 e. The third-order valence-corrected chi connectivity index (χ3v) is 3.05. The highest BCUT2D eigenvalue weighted by atomic mass is 16.5. The molecule has 4 aromatic rings. The fourth-order valence-corrected chi connectivity index (χ4v) is 2.08. The summed E-state index contributed by atoms with van der Waals surface area (Å²) in [6.45, 7) is 0. The molecule has 0 aliphatic heterocycles. The molecular weight excluding hydrogens is 252 g/mol. The molecule has 5 heteroatoms. The van der Waals surface area contributed by atoms with Crippen LogP contribution < -0.4 is 0 Å². The summed E-state index contributed by atoms with van der Waals surface area (Å²) in [6.07, 6.45) is 0. The summed E-state index contributed by atoms with van der Waals surface area (Å²) in [5.41, 5.74) is 2.73. The van der Waals surface area contributed by atoms with Gasteiger partial charge in [0.25, 0.3) is 5.89 Å². The molecule has 2 aromatic carbocycles. The molecule has 0 fully saturated rings. The lowest BCUT2D eigenvalue weighted by Crippen LogP contribution is -1.83. The van der Waals surface area contributed by atoms with E-state index in [1.165, 1.54) is 0 Å². The number of aromatic amines is 1.